The van der Waals surface area contributed by atoms with Crippen LogP contribution in [0, 0.1) is 5.92 Å². The first-order valence-electron chi connectivity index (χ1n) is 6.61. The summed E-state index contributed by atoms with van der Waals surface area (Å²) >= 11 is 1.17. The van der Waals surface area contributed by atoms with E-state index < -0.39 is 0 Å². The number of amides is 1. The molecule has 1 fully saturated rings. The van der Waals surface area contributed by atoms with Crippen LogP contribution in [-0.2, 0) is 5.41 Å². The van der Waals surface area contributed by atoms with Gasteiger partial charge in [-0.2, -0.15) is 0 Å². The zero-order valence-electron chi connectivity index (χ0n) is 11.9. The Bertz CT molecular complexity index is 465. The summed E-state index contributed by atoms with van der Waals surface area (Å²) in [5, 5.41) is 13.7. The maximum absolute atomic E-state index is 12.5. The average molecular weight is 283 g/mol. The van der Waals surface area contributed by atoms with Gasteiger partial charge in [0.05, 0.1) is 11.8 Å². The third-order valence-corrected chi connectivity index (χ3v) is 4.30. The lowest BCUT2D eigenvalue weighted by molar-refractivity contribution is 0.0764. The lowest BCUT2D eigenvalue weighted by Gasteiger charge is -2.20. The highest BCUT2D eigenvalue weighted by Crippen LogP contribution is 2.29. The smallest absolute Gasteiger partial charge is 0.267 e. The van der Waals surface area contributed by atoms with Crippen LogP contribution < -0.4 is 0 Å². The molecule has 0 aliphatic carbocycles. The molecule has 0 bridgehead atoms. The van der Waals surface area contributed by atoms with Gasteiger partial charge < -0.3 is 10.0 Å². The van der Waals surface area contributed by atoms with Crippen LogP contribution in [0.3, 0.4) is 0 Å². The summed E-state index contributed by atoms with van der Waals surface area (Å²) < 4.78 is 3.93. The number of hydrogen-bond acceptors (Lipinski definition) is 5. The van der Waals surface area contributed by atoms with E-state index in [1.807, 2.05) is 25.7 Å². The van der Waals surface area contributed by atoms with E-state index in [2.05, 4.69) is 9.59 Å². The van der Waals surface area contributed by atoms with E-state index in [-0.39, 0.29) is 23.3 Å². The fraction of sp³-hybridized carbons (Fsp3) is 0.769. The number of aromatic nitrogens is 2. The van der Waals surface area contributed by atoms with Crippen molar-refractivity contribution in [1.29, 1.82) is 0 Å². The molecule has 1 aliphatic rings. The molecule has 1 N–H and O–H groups in total. The summed E-state index contributed by atoms with van der Waals surface area (Å²) in [5.74, 6) is 0.186. The van der Waals surface area contributed by atoms with Crippen LogP contribution >= 0.6 is 11.5 Å². The maximum atomic E-state index is 12.5. The molecule has 0 saturated carbocycles. The van der Waals surface area contributed by atoms with Crippen molar-refractivity contribution in [3.63, 3.8) is 0 Å². The standard InChI is InChI=1S/C13H21N3O2S/c1-8(17)9-5-6-16(7-9)12(18)10-11(13(2,3)4)14-15-19-10/h8-9,17H,5-7H2,1-4H3. The monoisotopic (exact) mass is 283 g/mol. The van der Waals surface area contributed by atoms with Crippen LogP contribution in [0.25, 0.3) is 0 Å². The Kier molecular flexibility index (Phi) is 3.92. The van der Waals surface area contributed by atoms with Gasteiger partial charge in [-0.15, -0.1) is 5.10 Å². The van der Waals surface area contributed by atoms with Gasteiger partial charge in [0, 0.05) is 24.4 Å². The highest BCUT2D eigenvalue weighted by Gasteiger charge is 2.34. The number of aliphatic hydroxyl groups is 1. The summed E-state index contributed by atoms with van der Waals surface area (Å²) in [6, 6.07) is 0. The van der Waals surface area contributed by atoms with Crippen molar-refractivity contribution >= 4 is 17.4 Å². The van der Waals surface area contributed by atoms with Gasteiger partial charge in [0.25, 0.3) is 5.91 Å². The third-order valence-electron chi connectivity index (χ3n) is 3.59. The van der Waals surface area contributed by atoms with E-state index in [9.17, 15) is 9.90 Å². The fourth-order valence-corrected chi connectivity index (χ4v) is 3.18. The SMILES string of the molecule is CC(O)C1CCN(C(=O)c2snnc2C(C)(C)C)C1. The van der Waals surface area contributed by atoms with Crippen LogP contribution in [0.5, 0.6) is 0 Å². The zero-order chi connectivity index (χ0) is 14.2. The molecule has 2 rings (SSSR count). The summed E-state index contributed by atoms with van der Waals surface area (Å²) in [5.41, 5.74) is 0.587. The molecule has 6 heteroatoms. The molecule has 0 radical (unpaired) electrons. The maximum Gasteiger partial charge on any atom is 0.267 e. The van der Waals surface area contributed by atoms with Crippen molar-refractivity contribution in [2.24, 2.45) is 5.92 Å². The Labute approximate surface area is 117 Å². The highest BCUT2D eigenvalue weighted by atomic mass is 32.1. The first-order valence-corrected chi connectivity index (χ1v) is 7.38. The number of likely N-dealkylation sites (tertiary alicyclic amines) is 1. The van der Waals surface area contributed by atoms with Gasteiger partial charge >= 0.3 is 0 Å². The van der Waals surface area contributed by atoms with Crippen molar-refractivity contribution in [2.45, 2.75) is 45.6 Å². The van der Waals surface area contributed by atoms with Crippen molar-refractivity contribution < 1.29 is 9.90 Å². The molecule has 2 unspecified atom stereocenters. The zero-order valence-corrected chi connectivity index (χ0v) is 12.7. The Morgan fingerprint density at radius 2 is 2.21 bits per heavy atom. The first kappa shape index (κ1) is 14.4. The summed E-state index contributed by atoms with van der Waals surface area (Å²) in [6.07, 6.45) is 0.500. The predicted octanol–water partition coefficient (Wildman–Crippen LogP) is 1.68. The number of rotatable bonds is 2. The molecule has 106 valence electrons. The molecule has 1 aliphatic heterocycles. The number of aliphatic hydroxyl groups excluding tert-OH is 1. The van der Waals surface area contributed by atoms with E-state index in [1.54, 1.807) is 6.92 Å². The highest BCUT2D eigenvalue weighted by molar-refractivity contribution is 7.08. The minimum absolute atomic E-state index is 0.00285. The van der Waals surface area contributed by atoms with E-state index in [4.69, 9.17) is 0 Å². The van der Waals surface area contributed by atoms with E-state index in [1.165, 1.54) is 11.5 Å². The van der Waals surface area contributed by atoms with E-state index in [0.717, 1.165) is 12.1 Å². The Balaban J connectivity index is 2.16. The van der Waals surface area contributed by atoms with Gasteiger partial charge in [-0.1, -0.05) is 25.3 Å². The Morgan fingerprint density at radius 1 is 1.53 bits per heavy atom. The molecular weight excluding hydrogens is 262 g/mol. The minimum Gasteiger partial charge on any atom is -0.393 e. The Morgan fingerprint density at radius 3 is 2.74 bits per heavy atom. The molecular formula is C13H21N3O2S. The summed E-state index contributed by atoms with van der Waals surface area (Å²) in [6.45, 7) is 9.20. The van der Waals surface area contributed by atoms with Crippen molar-refractivity contribution in [3.8, 4) is 0 Å². The lowest BCUT2D eigenvalue weighted by atomic mass is 9.91. The van der Waals surface area contributed by atoms with Crippen molar-refractivity contribution in [1.82, 2.24) is 14.5 Å². The van der Waals surface area contributed by atoms with Gasteiger partial charge in [-0.25, -0.2) is 0 Å². The lowest BCUT2D eigenvalue weighted by Crippen LogP contribution is -2.31. The number of carbonyl (C=O) groups excluding carboxylic acids is 1. The summed E-state index contributed by atoms with van der Waals surface area (Å²) in [7, 11) is 0. The van der Waals surface area contributed by atoms with Crippen LogP contribution in [0.1, 0.15) is 49.5 Å². The molecule has 1 amide bonds. The van der Waals surface area contributed by atoms with E-state index >= 15 is 0 Å². The third kappa shape index (κ3) is 2.95. The minimum atomic E-state index is -0.362. The van der Waals surface area contributed by atoms with Gasteiger partial charge in [0.1, 0.15) is 4.88 Å². The van der Waals surface area contributed by atoms with Crippen LogP contribution in [-0.4, -0.2) is 44.7 Å². The van der Waals surface area contributed by atoms with Crippen molar-refractivity contribution in [2.75, 3.05) is 13.1 Å². The normalized spacial score (nSPS) is 21.7. The molecule has 1 aromatic rings. The molecule has 5 nitrogen and oxygen atoms in total. The van der Waals surface area contributed by atoms with Gasteiger partial charge in [-0.05, 0) is 24.9 Å². The average Bonchev–Trinajstić information content (AvgIpc) is 2.96. The number of nitrogens with zero attached hydrogens (tertiary/aromatic N) is 3. The van der Waals surface area contributed by atoms with Gasteiger partial charge in [0.15, 0.2) is 0 Å². The topological polar surface area (TPSA) is 66.3 Å². The molecule has 0 aromatic carbocycles. The van der Waals surface area contributed by atoms with Crippen LogP contribution in [0.2, 0.25) is 0 Å². The van der Waals surface area contributed by atoms with Crippen LogP contribution in [0.4, 0.5) is 0 Å². The van der Waals surface area contributed by atoms with Gasteiger partial charge in [-0.3, -0.25) is 4.79 Å². The molecule has 0 spiro atoms. The first-order chi connectivity index (χ1) is 8.80. The van der Waals surface area contributed by atoms with Crippen molar-refractivity contribution in [3.05, 3.63) is 10.6 Å². The molecule has 19 heavy (non-hydrogen) atoms. The quantitative estimate of drug-likeness (QED) is 0.896. The second-order valence-corrected chi connectivity index (χ2v) is 7.00. The molecule has 1 aromatic heterocycles. The molecule has 2 atom stereocenters. The van der Waals surface area contributed by atoms with E-state index in [0.29, 0.717) is 18.0 Å². The molecule has 2 heterocycles. The predicted molar refractivity (Wildman–Crippen MR) is 74.3 cm³/mol. The Hall–Kier alpha value is -1.01. The van der Waals surface area contributed by atoms with Crippen LogP contribution in [0.15, 0.2) is 0 Å². The molecule has 1 saturated heterocycles. The second kappa shape index (κ2) is 5.17. The second-order valence-electron chi connectivity index (χ2n) is 6.24. The fourth-order valence-electron chi connectivity index (χ4n) is 2.33. The largest absolute Gasteiger partial charge is 0.393 e. The summed E-state index contributed by atoms with van der Waals surface area (Å²) in [4.78, 5) is 15.0. The van der Waals surface area contributed by atoms with Gasteiger partial charge in [0.2, 0.25) is 0 Å². The number of carbonyl (C=O) groups is 1. The number of hydrogen-bond donors (Lipinski definition) is 1.